The van der Waals surface area contributed by atoms with Gasteiger partial charge in [0.25, 0.3) is 11.6 Å². The molecule has 1 aromatic heterocycles. The number of hydrogen-bond acceptors (Lipinski definition) is 8. The van der Waals surface area contributed by atoms with Crippen molar-refractivity contribution in [3.05, 3.63) is 70.1 Å². The third kappa shape index (κ3) is 5.88. The molecule has 31 heavy (non-hydrogen) atoms. The highest BCUT2D eigenvalue weighted by molar-refractivity contribution is 5.89. The molecule has 0 aliphatic carbocycles. The summed E-state index contributed by atoms with van der Waals surface area (Å²) in [5, 5.41) is 18.6. The molecule has 0 aliphatic heterocycles. The quantitative estimate of drug-likeness (QED) is 0.267. The first kappa shape index (κ1) is 21.9. The summed E-state index contributed by atoms with van der Waals surface area (Å²) in [4.78, 5) is 22.7. The zero-order valence-corrected chi connectivity index (χ0v) is 17.5. The fourth-order valence-corrected chi connectivity index (χ4v) is 2.62. The molecule has 1 unspecified atom stereocenters. The maximum absolute atomic E-state index is 12.4. The Morgan fingerprint density at radius 3 is 2.35 bits per heavy atom. The van der Waals surface area contributed by atoms with E-state index in [-0.39, 0.29) is 17.5 Å². The van der Waals surface area contributed by atoms with Crippen LogP contribution in [0.4, 0.5) is 5.69 Å². The highest BCUT2D eigenvalue weighted by Gasteiger charge is 2.20. The van der Waals surface area contributed by atoms with E-state index >= 15 is 0 Å². The van der Waals surface area contributed by atoms with Gasteiger partial charge in [0.1, 0.15) is 5.75 Å². The molecular weight excluding hydrogens is 402 g/mol. The minimum absolute atomic E-state index is 0.0397. The minimum Gasteiger partial charge on any atom is -0.494 e. The van der Waals surface area contributed by atoms with Gasteiger partial charge in [0, 0.05) is 17.7 Å². The molecule has 0 spiro atoms. The number of nitro groups is 1. The summed E-state index contributed by atoms with van der Waals surface area (Å²) in [6.45, 7) is 6.49. The second kappa shape index (κ2) is 9.84. The number of nitrogens with zero attached hydrogens (tertiary/aromatic N) is 3. The summed E-state index contributed by atoms with van der Waals surface area (Å²) in [7, 11) is 0. The Morgan fingerprint density at radius 2 is 1.74 bits per heavy atom. The number of carbonyl (C=O) groups is 1. The normalized spacial score (nSPS) is 11.9. The molecule has 2 aromatic carbocycles. The van der Waals surface area contributed by atoms with Gasteiger partial charge in [-0.05, 0) is 55.7 Å². The van der Waals surface area contributed by atoms with Crippen molar-refractivity contribution >= 4 is 11.7 Å². The second-order valence-corrected chi connectivity index (χ2v) is 7.35. The van der Waals surface area contributed by atoms with Crippen LogP contribution in [0.2, 0.25) is 0 Å². The molecule has 0 radical (unpaired) electrons. The van der Waals surface area contributed by atoms with Crippen molar-refractivity contribution in [1.82, 2.24) is 10.2 Å². The molecule has 0 N–H and O–H groups in total. The van der Waals surface area contributed by atoms with E-state index in [1.54, 1.807) is 31.2 Å². The van der Waals surface area contributed by atoms with Crippen molar-refractivity contribution in [2.45, 2.75) is 33.3 Å². The third-order valence-corrected chi connectivity index (χ3v) is 4.45. The molecular formula is C22H23N3O6. The van der Waals surface area contributed by atoms with Gasteiger partial charge in [0.15, 0.2) is 6.10 Å². The summed E-state index contributed by atoms with van der Waals surface area (Å²) in [5.74, 6) is 1.01. The average Bonchev–Trinajstić information content (AvgIpc) is 3.24. The van der Waals surface area contributed by atoms with Gasteiger partial charge in [-0.25, -0.2) is 4.79 Å². The fourth-order valence-electron chi connectivity index (χ4n) is 2.62. The molecule has 1 atom stereocenters. The number of non-ortho nitro benzene ring substituents is 1. The van der Waals surface area contributed by atoms with E-state index < -0.39 is 17.0 Å². The summed E-state index contributed by atoms with van der Waals surface area (Å²) in [5.41, 5.74) is 0.858. The first-order valence-corrected chi connectivity index (χ1v) is 9.85. The van der Waals surface area contributed by atoms with Gasteiger partial charge in [-0.3, -0.25) is 10.1 Å². The van der Waals surface area contributed by atoms with Crippen LogP contribution in [0.15, 0.2) is 52.9 Å². The van der Waals surface area contributed by atoms with Gasteiger partial charge in [0.05, 0.1) is 17.1 Å². The van der Waals surface area contributed by atoms with E-state index in [4.69, 9.17) is 13.9 Å². The van der Waals surface area contributed by atoms with Crippen molar-refractivity contribution in [2.24, 2.45) is 5.92 Å². The first-order chi connectivity index (χ1) is 14.8. The minimum atomic E-state index is -0.770. The van der Waals surface area contributed by atoms with Crippen LogP contribution in [0.25, 0.3) is 11.5 Å². The van der Waals surface area contributed by atoms with Gasteiger partial charge in [-0.15, -0.1) is 10.2 Å². The van der Waals surface area contributed by atoms with E-state index in [1.165, 1.54) is 24.3 Å². The number of rotatable bonds is 9. The lowest BCUT2D eigenvalue weighted by Crippen LogP contribution is -2.09. The summed E-state index contributed by atoms with van der Waals surface area (Å²) < 4.78 is 16.6. The number of aromatic nitrogens is 2. The Kier molecular flexibility index (Phi) is 6.96. The predicted molar refractivity (Wildman–Crippen MR) is 112 cm³/mol. The van der Waals surface area contributed by atoms with Crippen LogP contribution in [-0.4, -0.2) is 27.7 Å². The molecule has 0 bridgehead atoms. The standard InChI is InChI=1S/C22H23N3O6/c1-14(2)12-13-29-19-10-6-17(7-11-19)22(26)30-15(3)20-23-24-21(31-20)16-4-8-18(9-5-16)25(27)28/h4-11,14-15H,12-13H2,1-3H3. The van der Waals surface area contributed by atoms with Crippen molar-refractivity contribution in [1.29, 1.82) is 0 Å². The molecule has 162 valence electrons. The van der Waals surface area contributed by atoms with Crippen molar-refractivity contribution < 1.29 is 23.6 Å². The molecule has 9 heteroatoms. The van der Waals surface area contributed by atoms with Crippen LogP contribution < -0.4 is 4.74 Å². The van der Waals surface area contributed by atoms with Crippen LogP contribution in [0.1, 0.15) is 49.5 Å². The van der Waals surface area contributed by atoms with Crippen LogP contribution >= 0.6 is 0 Å². The highest BCUT2D eigenvalue weighted by atomic mass is 16.6. The van der Waals surface area contributed by atoms with Crippen molar-refractivity contribution in [2.75, 3.05) is 6.61 Å². The maximum Gasteiger partial charge on any atom is 0.338 e. The molecule has 3 rings (SSSR count). The number of ether oxygens (including phenoxy) is 2. The average molecular weight is 425 g/mol. The number of hydrogen-bond donors (Lipinski definition) is 0. The monoisotopic (exact) mass is 425 g/mol. The van der Waals surface area contributed by atoms with Gasteiger partial charge >= 0.3 is 5.97 Å². The molecule has 1 heterocycles. The van der Waals surface area contributed by atoms with Crippen molar-refractivity contribution in [3.8, 4) is 17.2 Å². The topological polar surface area (TPSA) is 118 Å². The number of esters is 1. The number of benzene rings is 2. The predicted octanol–water partition coefficient (Wildman–Crippen LogP) is 4.99. The number of nitro benzene ring substituents is 1. The van der Waals surface area contributed by atoms with Crippen LogP contribution in [-0.2, 0) is 4.74 Å². The molecule has 0 saturated heterocycles. The van der Waals surface area contributed by atoms with Crippen LogP contribution in [0, 0.1) is 16.0 Å². The molecule has 0 aliphatic rings. The molecule has 0 amide bonds. The first-order valence-electron chi connectivity index (χ1n) is 9.85. The smallest absolute Gasteiger partial charge is 0.338 e. The lowest BCUT2D eigenvalue weighted by atomic mass is 10.1. The summed E-state index contributed by atoms with van der Waals surface area (Å²) >= 11 is 0. The van der Waals surface area contributed by atoms with Gasteiger partial charge < -0.3 is 13.9 Å². The Balaban J connectivity index is 1.59. The third-order valence-electron chi connectivity index (χ3n) is 4.45. The Morgan fingerprint density at radius 1 is 1.06 bits per heavy atom. The molecule has 3 aromatic rings. The van der Waals surface area contributed by atoms with E-state index in [9.17, 15) is 14.9 Å². The lowest BCUT2D eigenvalue weighted by molar-refractivity contribution is -0.384. The summed E-state index contributed by atoms with van der Waals surface area (Å²) in [6.07, 6.45) is 0.182. The van der Waals surface area contributed by atoms with Crippen molar-refractivity contribution in [3.63, 3.8) is 0 Å². The zero-order valence-electron chi connectivity index (χ0n) is 17.5. The lowest BCUT2D eigenvalue weighted by Gasteiger charge is -2.11. The summed E-state index contributed by atoms with van der Waals surface area (Å²) in [6, 6.07) is 12.4. The molecule has 9 nitrogen and oxygen atoms in total. The molecule has 0 fully saturated rings. The number of carbonyl (C=O) groups excluding carboxylic acids is 1. The Labute approximate surface area is 179 Å². The SMILES string of the molecule is CC(C)CCOc1ccc(C(=O)OC(C)c2nnc(-c3ccc([N+](=O)[O-])cc3)o2)cc1. The Hall–Kier alpha value is -3.75. The maximum atomic E-state index is 12.4. The van der Waals surface area contributed by atoms with Crippen LogP contribution in [0.3, 0.4) is 0 Å². The zero-order chi connectivity index (χ0) is 22.4. The molecule has 0 saturated carbocycles. The van der Waals surface area contributed by atoms with E-state index in [1.807, 2.05) is 0 Å². The van der Waals surface area contributed by atoms with E-state index in [0.717, 1.165) is 6.42 Å². The van der Waals surface area contributed by atoms with E-state index in [2.05, 4.69) is 24.0 Å². The van der Waals surface area contributed by atoms with Gasteiger partial charge in [-0.1, -0.05) is 13.8 Å². The van der Waals surface area contributed by atoms with Gasteiger partial charge in [-0.2, -0.15) is 0 Å². The largest absolute Gasteiger partial charge is 0.494 e. The van der Waals surface area contributed by atoms with Gasteiger partial charge in [0.2, 0.25) is 5.89 Å². The Bertz CT molecular complexity index is 1030. The highest BCUT2D eigenvalue weighted by Crippen LogP contribution is 2.25. The second-order valence-electron chi connectivity index (χ2n) is 7.35. The van der Waals surface area contributed by atoms with Crippen LogP contribution in [0.5, 0.6) is 5.75 Å². The fraction of sp³-hybridized carbons (Fsp3) is 0.318. The van der Waals surface area contributed by atoms with E-state index in [0.29, 0.717) is 29.4 Å².